The molecule has 0 saturated carbocycles. The average molecular weight is 507 g/mol. The van der Waals surface area contributed by atoms with E-state index in [4.69, 9.17) is 0 Å². The fourth-order valence-electron chi connectivity index (χ4n) is 3.60. The van der Waals surface area contributed by atoms with E-state index in [2.05, 4.69) is 66.9 Å². The number of anilines is 1. The molecule has 0 unspecified atom stereocenters. The minimum absolute atomic E-state index is 0. The van der Waals surface area contributed by atoms with Crippen molar-refractivity contribution in [1.82, 2.24) is 15.2 Å². The van der Waals surface area contributed by atoms with E-state index in [1.165, 1.54) is 16.0 Å². The van der Waals surface area contributed by atoms with E-state index < -0.39 is 0 Å². The van der Waals surface area contributed by atoms with E-state index in [1.54, 1.807) is 0 Å². The Hall–Kier alpha value is -1.87. The van der Waals surface area contributed by atoms with E-state index >= 15 is 0 Å². The first-order valence-corrected chi connectivity index (χ1v) is 10.3. The molecule has 0 spiro atoms. The molecule has 0 aliphatic carbocycles. The first kappa shape index (κ1) is 20.9. The average Bonchev–Trinajstić information content (AvgIpc) is 3.26. The summed E-state index contributed by atoms with van der Waals surface area (Å²) in [4.78, 5) is 13.8. The van der Waals surface area contributed by atoms with Crippen LogP contribution in [0.25, 0.3) is 10.9 Å². The molecule has 0 radical (unpaired) electrons. The Morgan fingerprint density at radius 3 is 2.68 bits per heavy atom. The van der Waals surface area contributed by atoms with Crippen LogP contribution in [0.2, 0.25) is 0 Å². The molecule has 1 aromatic carbocycles. The molecule has 7 heteroatoms. The van der Waals surface area contributed by atoms with Gasteiger partial charge in [-0.3, -0.25) is 9.98 Å². The molecule has 1 fully saturated rings. The maximum atomic E-state index is 4.55. The van der Waals surface area contributed by atoms with E-state index in [1.807, 2.05) is 30.6 Å². The van der Waals surface area contributed by atoms with E-state index in [0.717, 1.165) is 50.6 Å². The number of halogens is 1. The Morgan fingerprint density at radius 1 is 1.11 bits per heavy atom. The molecule has 1 aliphatic rings. The highest BCUT2D eigenvalue weighted by atomic mass is 127. The SMILES string of the molecule is CN=C(NCCc1cccc2cccnc12)N1CCN(c2cccs2)CC1.I. The van der Waals surface area contributed by atoms with Gasteiger partial charge in [0, 0.05) is 51.4 Å². The summed E-state index contributed by atoms with van der Waals surface area (Å²) in [6.45, 7) is 4.91. The van der Waals surface area contributed by atoms with Gasteiger partial charge in [0.05, 0.1) is 10.5 Å². The molecule has 28 heavy (non-hydrogen) atoms. The van der Waals surface area contributed by atoms with Crippen molar-refractivity contribution in [2.24, 2.45) is 4.99 Å². The van der Waals surface area contributed by atoms with Crippen LogP contribution < -0.4 is 10.2 Å². The van der Waals surface area contributed by atoms with Gasteiger partial charge in [0.15, 0.2) is 5.96 Å². The molecule has 4 rings (SSSR count). The number of thiophene rings is 1. The van der Waals surface area contributed by atoms with Gasteiger partial charge >= 0.3 is 0 Å². The highest BCUT2D eigenvalue weighted by Gasteiger charge is 2.20. The summed E-state index contributed by atoms with van der Waals surface area (Å²) in [5.74, 6) is 0.994. The largest absolute Gasteiger partial charge is 0.360 e. The van der Waals surface area contributed by atoms with Gasteiger partial charge in [-0.25, -0.2) is 0 Å². The minimum atomic E-state index is 0. The van der Waals surface area contributed by atoms with Crippen molar-refractivity contribution in [3.8, 4) is 0 Å². The van der Waals surface area contributed by atoms with Crippen molar-refractivity contribution < 1.29 is 0 Å². The van der Waals surface area contributed by atoms with Crippen molar-refractivity contribution >= 4 is 57.2 Å². The van der Waals surface area contributed by atoms with E-state index in [0.29, 0.717) is 0 Å². The number of fused-ring (bicyclic) bond motifs is 1. The van der Waals surface area contributed by atoms with Gasteiger partial charge in [0.2, 0.25) is 0 Å². The van der Waals surface area contributed by atoms with Crippen molar-refractivity contribution in [2.45, 2.75) is 6.42 Å². The number of hydrogen-bond acceptors (Lipinski definition) is 4. The third-order valence-corrected chi connectivity index (χ3v) is 5.93. The third-order valence-electron chi connectivity index (χ3n) is 5.00. The van der Waals surface area contributed by atoms with E-state index in [-0.39, 0.29) is 24.0 Å². The monoisotopic (exact) mass is 507 g/mol. The normalized spacial score (nSPS) is 14.8. The molecule has 2 aromatic heterocycles. The summed E-state index contributed by atoms with van der Waals surface area (Å²) in [6.07, 6.45) is 2.80. The number of piperazine rings is 1. The molecular formula is C21H26IN5S. The summed E-state index contributed by atoms with van der Waals surface area (Å²) < 4.78 is 0. The third kappa shape index (κ3) is 4.75. The second kappa shape index (κ2) is 10.1. The molecule has 0 atom stereocenters. The lowest BCUT2D eigenvalue weighted by Crippen LogP contribution is -2.52. The number of para-hydroxylation sites is 1. The van der Waals surface area contributed by atoms with Gasteiger partial charge in [-0.1, -0.05) is 24.3 Å². The summed E-state index contributed by atoms with van der Waals surface area (Å²) in [6, 6.07) is 14.8. The molecule has 5 nitrogen and oxygen atoms in total. The molecule has 0 bridgehead atoms. The summed E-state index contributed by atoms with van der Waals surface area (Å²) in [5, 5.41) is 8.24. The van der Waals surface area contributed by atoms with Crippen LogP contribution in [-0.4, -0.2) is 55.6 Å². The van der Waals surface area contributed by atoms with Crippen molar-refractivity contribution in [2.75, 3.05) is 44.7 Å². The lowest BCUT2D eigenvalue weighted by molar-refractivity contribution is 0.374. The van der Waals surface area contributed by atoms with Crippen LogP contribution in [-0.2, 0) is 6.42 Å². The minimum Gasteiger partial charge on any atom is -0.360 e. The Bertz CT molecular complexity index is 899. The summed E-state index contributed by atoms with van der Waals surface area (Å²) in [7, 11) is 1.87. The Labute approximate surface area is 187 Å². The zero-order chi connectivity index (χ0) is 18.5. The molecule has 3 aromatic rings. The second-order valence-electron chi connectivity index (χ2n) is 6.64. The highest BCUT2D eigenvalue weighted by Crippen LogP contribution is 2.22. The van der Waals surface area contributed by atoms with Crippen LogP contribution in [0.15, 0.2) is 59.0 Å². The van der Waals surface area contributed by atoms with Crippen LogP contribution in [0.3, 0.4) is 0 Å². The second-order valence-corrected chi connectivity index (χ2v) is 7.57. The molecule has 1 aliphatic heterocycles. The number of nitrogens with zero attached hydrogens (tertiary/aromatic N) is 4. The number of pyridine rings is 1. The standard InChI is InChI=1S/C21H25N5S.HI/c1-22-21(26-14-12-25(13-15-26)19-8-4-16-27-19)24-11-9-18-6-2-5-17-7-3-10-23-20(17)18;/h2-8,10,16H,9,11-15H2,1H3,(H,22,24);1H. The first-order chi connectivity index (χ1) is 13.3. The number of aliphatic imine (C=N–C) groups is 1. The highest BCUT2D eigenvalue weighted by molar-refractivity contribution is 14.0. The topological polar surface area (TPSA) is 43.8 Å². The van der Waals surface area contributed by atoms with E-state index in [9.17, 15) is 0 Å². The van der Waals surface area contributed by atoms with Crippen LogP contribution in [0.4, 0.5) is 5.00 Å². The summed E-state index contributed by atoms with van der Waals surface area (Å²) in [5.41, 5.74) is 2.37. The quantitative estimate of drug-likeness (QED) is 0.331. The number of nitrogens with one attached hydrogen (secondary N) is 1. The van der Waals surface area contributed by atoms with Crippen LogP contribution in [0.1, 0.15) is 5.56 Å². The van der Waals surface area contributed by atoms with Gasteiger partial charge in [-0.05, 0) is 35.6 Å². The zero-order valence-electron chi connectivity index (χ0n) is 16.0. The summed E-state index contributed by atoms with van der Waals surface area (Å²) >= 11 is 1.81. The lowest BCUT2D eigenvalue weighted by atomic mass is 10.1. The smallest absolute Gasteiger partial charge is 0.193 e. The van der Waals surface area contributed by atoms with Gasteiger partial charge in [-0.15, -0.1) is 35.3 Å². The fraction of sp³-hybridized carbons (Fsp3) is 0.333. The molecular weight excluding hydrogens is 481 g/mol. The lowest BCUT2D eigenvalue weighted by Gasteiger charge is -2.37. The van der Waals surface area contributed by atoms with Crippen molar-refractivity contribution in [1.29, 1.82) is 0 Å². The van der Waals surface area contributed by atoms with Crippen LogP contribution in [0.5, 0.6) is 0 Å². The number of guanidine groups is 1. The first-order valence-electron chi connectivity index (χ1n) is 9.42. The predicted octanol–water partition coefficient (Wildman–Crippen LogP) is 3.85. The molecule has 0 amide bonds. The van der Waals surface area contributed by atoms with Crippen LogP contribution >= 0.6 is 35.3 Å². The Morgan fingerprint density at radius 2 is 1.93 bits per heavy atom. The van der Waals surface area contributed by atoms with Crippen LogP contribution in [0, 0.1) is 0 Å². The Balaban J connectivity index is 0.00000225. The van der Waals surface area contributed by atoms with Gasteiger partial charge < -0.3 is 15.1 Å². The number of rotatable bonds is 4. The zero-order valence-corrected chi connectivity index (χ0v) is 19.2. The van der Waals surface area contributed by atoms with Crippen molar-refractivity contribution in [3.05, 3.63) is 59.6 Å². The van der Waals surface area contributed by atoms with Gasteiger partial charge in [-0.2, -0.15) is 0 Å². The molecule has 1 N–H and O–H groups in total. The molecule has 3 heterocycles. The maximum Gasteiger partial charge on any atom is 0.193 e. The number of hydrogen-bond donors (Lipinski definition) is 1. The van der Waals surface area contributed by atoms with Gasteiger partial charge in [0.25, 0.3) is 0 Å². The number of aromatic nitrogens is 1. The molecule has 148 valence electrons. The predicted molar refractivity (Wildman–Crippen MR) is 130 cm³/mol. The Kier molecular flexibility index (Phi) is 7.50. The molecule has 1 saturated heterocycles. The number of benzene rings is 1. The van der Waals surface area contributed by atoms with Gasteiger partial charge in [0.1, 0.15) is 0 Å². The van der Waals surface area contributed by atoms with Crippen molar-refractivity contribution in [3.63, 3.8) is 0 Å². The fourth-order valence-corrected chi connectivity index (χ4v) is 4.38. The maximum absolute atomic E-state index is 4.55.